The number of hydrogen-bond donors (Lipinski definition) is 2. The Bertz CT molecular complexity index is 808. The maximum atomic E-state index is 11.8. The number of benzene rings is 2. The zero-order valence-corrected chi connectivity index (χ0v) is 15.8. The Morgan fingerprint density at radius 1 is 1.04 bits per heavy atom. The minimum absolute atomic E-state index is 0.0795. The van der Waals surface area contributed by atoms with Gasteiger partial charge in [-0.1, -0.05) is 18.2 Å². The van der Waals surface area contributed by atoms with E-state index in [1.807, 2.05) is 31.2 Å². The van der Waals surface area contributed by atoms with Gasteiger partial charge in [-0.25, -0.2) is 4.79 Å². The Labute approximate surface area is 161 Å². The van der Waals surface area contributed by atoms with E-state index in [1.165, 1.54) is 18.9 Å². The molecule has 2 aromatic rings. The lowest BCUT2D eigenvalue weighted by Crippen LogP contribution is -2.37. The van der Waals surface area contributed by atoms with E-state index in [0.717, 1.165) is 10.5 Å². The Hall–Kier alpha value is -3.00. The number of ether oxygens (including phenoxy) is 2. The topological polar surface area (TPSA) is 93.7 Å². The highest BCUT2D eigenvalue weighted by molar-refractivity contribution is 8.00. The zero-order chi connectivity index (χ0) is 19.6. The third-order valence-electron chi connectivity index (χ3n) is 3.40. The van der Waals surface area contributed by atoms with Crippen LogP contribution in [0.15, 0.2) is 53.4 Å². The number of methoxy groups -OCH3 is 1. The fraction of sp³-hybridized carbons (Fsp3) is 0.211. The normalized spacial score (nSPS) is 10.0. The van der Waals surface area contributed by atoms with Crippen LogP contribution in [0.1, 0.15) is 5.56 Å². The predicted octanol–water partition coefficient (Wildman–Crippen LogP) is 2.99. The van der Waals surface area contributed by atoms with E-state index in [1.54, 1.807) is 24.3 Å². The number of thioether (sulfide) groups is 1. The van der Waals surface area contributed by atoms with Crippen LogP contribution in [0.3, 0.4) is 0 Å². The van der Waals surface area contributed by atoms with Crippen LogP contribution in [0.25, 0.3) is 0 Å². The summed E-state index contributed by atoms with van der Waals surface area (Å²) in [5.74, 6) is -0.521. The molecule has 2 aromatic carbocycles. The van der Waals surface area contributed by atoms with Crippen molar-refractivity contribution in [3.05, 3.63) is 54.1 Å². The molecule has 3 amide bonds. The quantitative estimate of drug-likeness (QED) is 0.559. The maximum absolute atomic E-state index is 11.8. The molecule has 0 aliphatic rings. The molecule has 0 aromatic heterocycles. The molecule has 8 heteroatoms. The first kappa shape index (κ1) is 20.3. The molecule has 0 aliphatic heterocycles. The van der Waals surface area contributed by atoms with Crippen LogP contribution in [0.4, 0.5) is 10.5 Å². The fourth-order valence-electron chi connectivity index (χ4n) is 2.04. The van der Waals surface area contributed by atoms with Gasteiger partial charge in [0.25, 0.3) is 5.91 Å². The number of hydrogen-bond acceptors (Lipinski definition) is 6. The van der Waals surface area contributed by atoms with E-state index in [2.05, 4.69) is 10.6 Å². The summed E-state index contributed by atoms with van der Waals surface area (Å²) < 4.78 is 9.89. The zero-order valence-electron chi connectivity index (χ0n) is 15.0. The molecule has 0 saturated heterocycles. The lowest BCUT2D eigenvalue weighted by Gasteiger charge is -2.08. The van der Waals surface area contributed by atoms with Crippen molar-refractivity contribution in [3.8, 4) is 5.75 Å². The number of imide groups is 1. The Morgan fingerprint density at radius 3 is 2.41 bits per heavy atom. The van der Waals surface area contributed by atoms with Gasteiger partial charge in [0.2, 0.25) is 0 Å². The van der Waals surface area contributed by atoms with Crippen LogP contribution in [-0.2, 0) is 14.3 Å². The summed E-state index contributed by atoms with van der Waals surface area (Å²) in [4.78, 5) is 36.2. The Kier molecular flexibility index (Phi) is 7.69. The largest absolute Gasteiger partial charge is 0.497 e. The van der Waals surface area contributed by atoms with E-state index in [4.69, 9.17) is 9.47 Å². The Balaban J connectivity index is 1.69. The van der Waals surface area contributed by atoms with Crippen molar-refractivity contribution >= 4 is 35.4 Å². The maximum Gasteiger partial charge on any atom is 0.325 e. The summed E-state index contributed by atoms with van der Waals surface area (Å²) in [6.45, 7) is 1.42. The second-order valence-corrected chi connectivity index (χ2v) is 6.46. The van der Waals surface area contributed by atoms with E-state index in [0.29, 0.717) is 11.4 Å². The summed E-state index contributed by atoms with van der Waals surface area (Å²) in [7, 11) is 1.54. The van der Waals surface area contributed by atoms with Crippen LogP contribution in [0.2, 0.25) is 0 Å². The van der Waals surface area contributed by atoms with Gasteiger partial charge in [0.1, 0.15) is 5.75 Å². The van der Waals surface area contributed by atoms with Gasteiger partial charge in [0.05, 0.1) is 12.9 Å². The molecule has 0 fully saturated rings. The van der Waals surface area contributed by atoms with E-state index < -0.39 is 24.5 Å². The SMILES string of the molecule is COc1ccc(NC(=O)NC(=O)COC(=O)CSc2ccccc2C)cc1. The summed E-state index contributed by atoms with van der Waals surface area (Å²) >= 11 is 1.33. The molecule has 0 spiro atoms. The number of urea groups is 1. The number of anilines is 1. The van der Waals surface area contributed by atoms with Crippen LogP contribution in [-0.4, -0.2) is 37.4 Å². The highest BCUT2D eigenvalue weighted by Crippen LogP contribution is 2.21. The molecule has 0 radical (unpaired) electrons. The summed E-state index contributed by atoms with van der Waals surface area (Å²) in [5, 5.41) is 4.58. The third-order valence-corrected chi connectivity index (χ3v) is 4.55. The standard InChI is InChI=1S/C19H20N2O5S/c1-13-5-3-4-6-16(13)27-12-18(23)26-11-17(22)21-19(24)20-14-7-9-15(25-2)10-8-14/h3-10H,11-12H2,1-2H3,(H2,20,21,22,24). The minimum atomic E-state index is -0.713. The lowest BCUT2D eigenvalue weighted by molar-refractivity contribution is -0.145. The second kappa shape index (κ2) is 10.2. The van der Waals surface area contributed by atoms with Crippen LogP contribution >= 0.6 is 11.8 Å². The second-order valence-electron chi connectivity index (χ2n) is 5.45. The number of aryl methyl sites for hydroxylation is 1. The van der Waals surface area contributed by atoms with Crippen molar-refractivity contribution < 1.29 is 23.9 Å². The van der Waals surface area contributed by atoms with Gasteiger partial charge >= 0.3 is 12.0 Å². The molecule has 142 valence electrons. The van der Waals surface area contributed by atoms with Gasteiger partial charge in [-0.3, -0.25) is 14.9 Å². The molecular weight excluding hydrogens is 368 g/mol. The van der Waals surface area contributed by atoms with Crippen LogP contribution in [0, 0.1) is 6.92 Å². The number of rotatable bonds is 7. The van der Waals surface area contributed by atoms with Gasteiger partial charge in [0.15, 0.2) is 6.61 Å². The molecule has 0 aliphatic carbocycles. The molecule has 0 bridgehead atoms. The first-order chi connectivity index (χ1) is 13.0. The average Bonchev–Trinajstić information content (AvgIpc) is 2.66. The number of nitrogens with one attached hydrogen (secondary N) is 2. The monoisotopic (exact) mass is 388 g/mol. The van der Waals surface area contributed by atoms with E-state index in [-0.39, 0.29) is 5.75 Å². The van der Waals surface area contributed by atoms with Gasteiger partial charge in [-0.05, 0) is 42.8 Å². The van der Waals surface area contributed by atoms with Crippen molar-refractivity contribution in [1.29, 1.82) is 0 Å². The summed E-state index contributed by atoms with van der Waals surface area (Å²) in [6, 6.07) is 13.5. The molecule has 2 rings (SSSR count). The van der Waals surface area contributed by atoms with Gasteiger partial charge < -0.3 is 14.8 Å². The predicted molar refractivity (Wildman–Crippen MR) is 103 cm³/mol. The molecular formula is C19H20N2O5S. The summed E-state index contributed by atoms with van der Waals surface area (Å²) in [5.41, 5.74) is 1.55. The first-order valence-electron chi connectivity index (χ1n) is 8.07. The Morgan fingerprint density at radius 2 is 1.74 bits per heavy atom. The highest BCUT2D eigenvalue weighted by atomic mass is 32.2. The highest BCUT2D eigenvalue weighted by Gasteiger charge is 2.12. The van der Waals surface area contributed by atoms with Crippen molar-refractivity contribution in [2.45, 2.75) is 11.8 Å². The van der Waals surface area contributed by atoms with Crippen LogP contribution < -0.4 is 15.4 Å². The molecule has 7 nitrogen and oxygen atoms in total. The minimum Gasteiger partial charge on any atom is -0.497 e. The first-order valence-corrected chi connectivity index (χ1v) is 9.05. The number of esters is 1. The van der Waals surface area contributed by atoms with E-state index in [9.17, 15) is 14.4 Å². The molecule has 0 heterocycles. The molecule has 2 N–H and O–H groups in total. The molecule has 27 heavy (non-hydrogen) atoms. The van der Waals surface area contributed by atoms with Gasteiger partial charge in [0, 0.05) is 10.6 Å². The number of amides is 3. The van der Waals surface area contributed by atoms with Gasteiger partial charge in [-0.15, -0.1) is 11.8 Å². The number of carbonyl (C=O) groups is 3. The van der Waals surface area contributed by atoms with Crippen LogP contribution in [0.5, 0.6) is 5.75 Å². The smallest absolute Gasteiger partial charge is 0.325 e. The lowest BCUT2D eigenvalue weighted by atomic mass is 10.2. The average molecular weight is 388 g/mol. The molecule has 0 saturated carbocycles. The molecule has 0 atom stereocenters. The third kappa shape index (κ3) is 7.02. The van der Waals surface area contributed by atoms with Crippen molar-refractivity contribution in [2.75, 3.05) is 24.8 Å². The van der Waals surface area contributed by atoms with Crippen molar-refractivity contribution in [1.82, 2.24) is 5.32 Å². The van der Waals surface area contributed by atoms with E-state index >= 15 is 0 Å². The fourth-order valence-corrected chi connectivity index (χ4v) is 2.87. The van der Waals surface area contributed by atoms with Crippen molar-refractivity contribution in [2.24, 2.45) is 0 Å². The number of carbonyl (C=O) groups excluding carboxylic acids is 3. The van der Waals surface area contributed by atoms with Gasteiger partial charge in [-0.2, -0.15) is 0 Å². The molecule has 0 unspecified atom stereocenters. The van der Waals surface area contributed by atoms with Crippen molar-refractivity contribution in [3.63, 3.8) is 0 Å². The summed E-state index contributed by atoms with van der Waals surface area (Å²) in [6.07, 6.45) is 0.